The quantitative estimate of drug-likeness (QED) is 0.729. The van der Waals surface area contributed by atoms with Gasteiger partial charge in [-0.15, -0.1) is 0 Å². The van der Waals surface area contributed by atoms with Gasteiger partial charge in [0.15, 0.2) is 5.60 Å². The summed E-state index contributed by atoms with van der Waals surface area (Å²) in [6.07, 6.45) is 7.18. The van der Waals surface area contributed by atoms with Gasteiger partial charge in [0.25, 0.3) is 0 Å². The maximum atomic E-state index is 11.9. The van der Waals surface area contributed by atoms with E-state index in [0.29, 0.717) is 13.1 Å². The van der Waals surface area contributed by atoms with E-state index in [4.69, 9.17) is 9.47 Å². The Bertz CT molecular complexity index is 569. The Hall–Kier alpha value is -2.04. The van der Waals surface area contributed by atoms with Crippen molar-refractivity contribution in [1.29, 1.82) is 0 Å². The predicted molar refractivity (Wildman–Crippen MR) is 74.4 cm³/mol. The summed E-state index contributed by atoms with van der Waals surface area (Å²) in [5.41, 5.74) is 0.0842. The van der Waals surface area contributed by atoms with Crippen molar-refractivity contribution < 1.29 is 14.3 Å². The summed E-state index contributed by atoms with van der Waals surface area (Å²) in [6, 6.07) is 1.84. The second kappa shape index (κ2) is 4.23. The largest absolute Gasteiger partial charge is 0.479 e. The van der Waals surface area contributed by atoms with Gasteiger partial charge in [-0.25, -0.2) is 4.79 Å². The first-order valence-electron chi connectivity index (χ1n) is 6.67. The van der Waals surface area contributed by atoms with E-state index < -0.39 is 11.2 Å². The fraction of sp³-hybridized carbons (Fsp3) is 0.467. The fourth-order valence-electron chi connectivity index (χ4n) is 2.33. The minimum atomic E-state index is -0.471. The van der Waals surface area contributed by atoms with E-state index in [0.717, 1.165) is 11.3 Å². The average Bonchev–Trinajstić information content (AvgIpc) is 2.33. The molecule has 5 heteroatoms. The molecule has 1 aromatic heterocycles. The number of amides is 1. The zero-order valence-electron chi connectivity index (χ0n) is 11.9. The molecule has 2 aliphatic heterocycles. The van der Waals surface area contributed by atoms with Gasteiger partial charge in [0.2, 0.25) is 0 Å². The van der Waals surface area contributed by atoms with Gasteiger partial charge in [0.1, 0.15) is 11.4 Å². The molecule has 0 aromatic carbocycles. The van der Waals surface area contributed by atoms with Crippen LogP contribution in [0.5, 0.6) is 5.75 Å². The Kier molecular flexibility index (Phi) is 2.74. The first-order chi connectivity index (χ1) is 9.37. The number of pyridine rings is 1. The smallest absolute Gasteiger partial charge is 0.410 e. The summed E-state index contributed by atoms with van der Waals surface area (Å²) in [5, 5.41) is 0. The lowest BCUT2D eigenvalue weighted by Crippen LogP contribution is -2.66. The second-order valence-corrected chi connectivity index (χ2v) is 6.25. The maximum absolute atomic E-state index is 11.9. The van der Waals surface area contributed by atoms with Crippen LogP contribution in [0.4, 0.5) is 4.79 Å². The van der Waals surface area contributed by atoms with Crippen LogP contribution in [0.3, 0.4) is 0 Å². The van der Waals surface area contributed by atoms with Crippen molar-refractivity contribution in [2.24, 2.45) is 0 Å². The number of likely N-dealkylation sites (tertiary alicyclic amines) is 1. The lowest BCUT2D eigenvalue weighted by Gasteiger charge is -2.49. The van der Waals surface area contributed by atoms with Gasteiger partial charge < -0.3 is 9.47 Å². The molecule has 1 fully saturated rings. The first kappa shape index (κ1) is 13.0. The van der Waals surface area contributed by atoms with Gasteiger partial charge >= 0.3 is 6.09 Å². The number of rotatable bonds is 0. The molecule has 0 saturated carbocycles. The van der Waals surface area contributed by atoms with E-state index in [1.807, 2.05) is 39.0 Å². The molecule has 0 aliphatic carbocycles. The lowest BCUT2D eigenvalue weighted by atomic mass is 9.91. The van der Waals surface area contributed by atoms with Crippen LogP contribution < -0.4 is 4.74 Å². The molecule has 0 N–H and O–H groups in total. The van der Waals surface area contributed by atoms with E-state index in [-0.39, 0.29) is 6.09 Å². The summed E-state index contributed by atoms with van der Waals surface area (Å²) >= 11 is 0. The Morgan fingerprint density at radius 3 is 2.90 bits per heavy atom. The van der Waals surface area contributed by atoms with E-state index in [1.54, 1.807) is 17.3 Å². The molecular formula is C15H18N2O3. The Morgan fingerprint density at radius 2 is 2.20 bits per heavy atom. The van der Waals surface area contributed by atoms with E-state index >= 15 is 0 Å². The number of hydrogen-bond donors (Lipinski definition) is 0. The molecule has 20 heavy (non-hydrogen) atoms. The number of fused-ring (bicyclic) bond motifs is 1. The molecule has 1 aromatic rings. The number of nitrogens with zero attached hydrogens (tertiary/aromatic N) is 2. The molecule has 0 unspecified atom stereocenters. The van der Waals surface area contributed by atoms with Crippen LogP contribution in [0, 0.1) is 0 Å². The third kappa shape index (κ3) is 2.35. The Morgan fingerprint density at radius 1 is 1.45 bits per heavy atom. The predicted octanol–water partition coefficient (Wildman–Crippen LogP) is 2.48. The summed E-state index contributed by atoms with van der Waals surface area (Å²) in [6.45, 7) is 6.61. The van der Waals surface area contributed by atoms with E-state index in [1.165, 1.54) is 0 Å². The van der Waals surface area contributed by atoms with Crippen molar-refractivity contribution in [3.8, 4) is 5.75 Å². The molecule has 1 spiro atoms. The summed E-state index contributed by atoms with van der Waals surface area (Å²) in [7, 11) is 0. The topological polar surface area (TPSA) is 51.7 Å². The molecule has 0 atom stereocenters. The van der Waals surface area contributed by atoms with E-state index in [2.05, 4.69) is 4.98 Å². The SMILES string of the molecule is CC(C)(C)OC(=O)N1CC2(C=Cc3cnccc3O2)C1. The zero-order valence-corrected chi connectivity index (χ0v) is 11.9. The number of hydrogen-bond acceptors (Lipinski definition) is 4. The van der Waals surface area contributed by atoms with Crippen molar-refractivity contribution in [3.05, 3.63) is 30.1 Å². The summed E-state index contributed by atoms with van der Waals surface area (Å²) in [5.74, 6) is 0.811. The highest BCUT2D eigenvalue weighted by molar-refractivity contribution is 5.71. The monoisotopic (exact) mass is 274 g/mol. The van der Waals surface area contributed by atoms with Crippen molar-refractivity contribution >= 4 is 12.2 Å². The van der Waals surface area contributed by atoms with Crippen LogP contribution in [0.25, 0.3) is 6.08 Å². The van der Waals surface area contributed by atoms with Crippen molar-refractivity contribution in [3.63, 3.8) is 0 Å². The number of ether oxygens (including phenoxy) is 2. The fourth-order valence-corrected chi connectivity index (χ4v) is 2.33. The maximum Gasteiger partial charge on any atom is 0.410 e. The molecule has 3 rings (SSSR count). The second-order valence-electron chi connectivity index (χ2n) is 6.25. The molecular weight excluding hydrogens is 256 g/mol. The molecule has 106 valence electrons. The standard InChI is InChI=1S/C15H18N2O3/c1-14(2,3)20-13(18)17-9-15(10-17)6-4-11-8-16-7-5-12(11)19-15/h4-8H,9-10H2,1-3H3. The Labute approximate surface area is 118 Å². The van der Waals surface area contributed by atoms with Crippen molar-refractivity contribution in [2.75, 3.05) is 13.1 Å². The first-order valence-corrected chi connectivity index (χ1v) is 6.67. The molecule has 5 nitrogen and oxygen atoms in total. The minimum absolute atomic E-state index is 0.291. The van der Waals surface area contributed by atoms with Crippen molar-refractivity contribution in [1.82, 2.24) is 9.88 Å². The summed E-state index contributed by atoms with van der Waals surface area (Å²) < 4.78 is 11.3. The zero-order chi connectivity index (χ0) is 14.4. The highest BCUT2D eigenvalue weighted by Crippen LogP contribution is 2.36. The summed E-state index contributed by atoms with van der Waals surface area (Å²) in [4.78, 5) is 17.6. The highest BCUT2D eigenvalue weighted by atomic mass is 16.6. The van der Waals surface area contributed by atoms with Crippen LogP contribution in [0.2, 0.25) is 0 Å². The van der Waals surface area contributed by atoms with Crippen LogP contribution in [0.15, 0.2) is 24.5 Å². The molecule has 1 amide bonds. The van der Waals surface area contributed by atoms with Crippen LogP contribution >= 0.6 is 0 Å². The lowest BCUT2D eigenvalue weighted by molar-refractivity contribution is -0.0564. The van der Waals surface area contributed by atoms with Gasteiger partial charge in [-0.2, -0.15) is 0 Å². The number of aromatic nitrogens is 1. The highest BCUT2D eigenvalue weighted by Gasteiger charge is 2.48. The third-order valence-corrected chi connectivity index (χ3v) is 3.26. The van der Waals surface area contributed by atoms with Gasteiger partial charge in [-0.3, -0.25) is 9.88 Å². The number of carbonyl (C=O) groups is 1. The van der Waals surface area contributed by atoms with Crippen LogP contribution in [-0.2, 0) is 4.74 Å². The van der Waals surface area contributed by atoms with Crippen LogP contribution in [-0.4, -0.2) is 40.3 Å². The number of carbonyl (C=O) groups excluding carboxylic acids is 1. The van der Waals surface area contributed by atoms with E-state index in [9.17, 15) is 4.79 Å². The minimum Gasteiger partial charge on any atom is -0.479 e. The normalized spacial score (nSPS) is 19.1. The van der Waals surface area contributed by atoms with Crippen molar-refractivity contribution in [2.45, 2.75) is 32.0 Å². The molecule has 0 bridgehead atoms. The van der Waals surface area contributed by atoms with Crippen LogP contribution in [0.1, 0.15) is 26.3 Å². The van der Waals surface area contributed by atoms with Gasteiger partial charge in [0.05, 0.1) is 13.1 Å². The van der Waals surface area contributed by atoms with Gasteiger partial charge in [-0.1, -0.05) is 0 Å². The molecule has 3 heterocycles. The van der Waals surface area contributed by atoms with Gasteiger partial charge in [-0.05, 0) is 39.0 Å². The average molecular weight is 274 g/mol. The third-order valence-electron chi connectivity index (χ3n) is 3.26. The molecule has 2 aliphatic rings. The van der Waals surface area contributed by atoms with Gasteiger partial charge in [0, 0.05) is 18.0 Å². The molecule has 1 saturated heterocycles. The molecule has 0 radical (unpaired) electrons. The Balaban J connectivity index is 1.65.